The summed E-state index contributed by atoms with van der Waals surface area (Å²) >= 11 is 0. The van der Waals surface area contributed by atoms with E-state index in [0.29, 0.717) is 57.2 Å². The lowest BCUT2D eigenvalue weighted by molar-refractivity contribution is -0.135. The summed E-state index contributed by atoms with van der Waals surface area (Å²) in [5.74, 6) is -3.16. The zero-order valence-corrected chi connectivity index (χ0v) is 32.4. The van der Waals surface area contributed by atoms with Gasteiger partial charge in [0, 0.05) is 43.3 Å². The van der Waals surface area contributed by atoms with Crippen LogP contribution in [-0.4, -0.2) is 72.9 Å². The van der Waals surface area contributed by atoms with Crippen LogP contribution in [-0.2, 0) is 30.3 Å². The second-order valence-corrected chi connectivity index (χ2v) is 15.0. The fraction of sp³-hybridized carbons (Fsp3) is 0.595. The highest BCUT2D eigenvalue weighted by molar-refractivity contribution is 6.50. The quantitative estimate of drug-likeness (QED) is 0.0857. The molecule has 0 aliphatic carbocycles. The number of ether oxygens (including phenoxy) is 1. The summed E-state index contributed by atoms with van der Waals surface area (Å²) in [6.45, 7) is 7.39. The lowest BCUT2D eigenvalue weighted by Gasteiger charge is -2.25. The molecule has 0 saturated carbocycles. The van der Waals surface area contributed by atoms with Crippen molar-refractivity contribution in [1.29, 1.82) is 0 Å². The Labute approximate surface area is 316 Å². The van der Waals surface area contributed by atoms with Gasteiger partial charge in [0.1, 0.15) is 6.04 Å². The van der Waals surface area contributed by atoms with Crippen molar-refractivity contribution in [3.05, 3.63) is 59.7 Å². The standard InChI is InChI=1S/C42H62BN3O7/c1-5-6-12-31-15-17-32(18-16-31)33-19-21-34(22-20-33)38(47)27-35(13-9-10-23-44)42(51)46-37-28-53-24-11-7-8-14-36(40(49)26-30(3)43(4)52)45-41(50)29(2)25-39(37)48/h15-22,29-30,35-37,52H,5-14,23-28,44H2,1-4H3,(H,45,50)(H,46,51)/t29-,30-,35-,36+,37+/m1/s1. The van der Waals surface area contributed by atoms with Gasteiger partial charge in [0.05, 0.1) is 12.6 Å². The largest absolute Gasteiger partial charge is 0.450 e. The van der Waals surface area contributed by atoms with E-state index in [-0.39, 0.29) is 49.0 Å². The van der Waals surface area contributed by atoms with Crippen LogP contribution in [0.5, 0.6) is 0 Å². The van der Waals surface area contributed by atoms with Crippen molar-refractivity contribution in [2.45, 2.75) is 129 Å². The minimum absolute atomic E-state index is 0.0223. The SMILES string of the molecule is CCCCc1ccc(-c2ccc(C(=O)C[C@@H](CCCCN)C(=O)N[C@H]3COCCCCC[C@@H](C(=O)C[C@@H](C)B(C)O)NC(=O)[C@H](C)CC3=O)cc2)cc1. The normalized spacial score (nSPS) is 20.1. The second-order valence-electron chi connectivity index (χ2n) is 15.0. The van der Waals surface area contributed by atoms with E-state index in [1.807, 2.05) is 12.1 Å². The maximum atomic E-state index is 13.8. The van der Waals surface area contributed by atoms with Gasteiger partial charge in [-0.25, -0.2) is 0 Å². The number of carbonyl (C=O) groups excluding carboxylic acids is 5. The maximum Gasteiger partial charge on any atom is 0.289 e. The van der Waals surface area contributed by atoms with Crippen molar-refractivity contribution < 1.29 is 33.7 Å². The van der Waals surface area contributed by atoms with E-state index in [0.717, 1.165) is 36.8 Å². The topological polar surface area (TPSA) is 165 Å². The molecule has 1 aliphatic rings. The predicted octanol–water partition coefficient (Wildman–Crippen LogP) is 6.13. The van der Waals surface area contributed by atoms with Gasteiger partial charge in [-0.1, -0.05) is 102 Å². The van der Waals surface area contributed by atoms with Crippen molar-refractivity contribution >= 4 is 36.1 Å². The minimum atomic E-state index is -0.996. The molecule has 0 spiro atoms. The molecule has 2 aromatic carbocycles. The number of hydrogen-bond acceptors (Lipinski definition) is 8. The van der Waals surface area contributed by atoms with E-state index in [1.54, 1.807) is 32.8 Å². The lowest BCUT2D eigenvalue weighted by atomic mass is 9.58. The Morgan fingerprint density at radius 1 is 0.981 bits per heavy atom. The van der Waals surface area contributed by atoms with Crippen molar-refractivity contribution in [3.8, 4) is 11.1 Å². The summed E-state index contributed by atoms with van der Waals surface area (Å²) in [5.41, 5.74) is 9.63. The molecule has 53 heavy (non-hydrogen) atoms. The summed E-state index contributed by atoms with van der Waals surface area (Å²) in [6, 6.07) is 14.2. The average molecular weight is 732 g/mol. The number of carbonyl (C=O) groups is 5. The molecule has 0 aromatic heterocycles. The van der Waals surface area contributed by atoms with E-state index >= 15 is 0 Å². The Hall–Kier alpha value is -3.67. The molecular formula is C42H62BN3O7. The van der Waals surface area contributed by atoms with Gasteiger partial charge < -0.3 is 26.1 Å². The van der Waals surface area contributed by atoms with Crippen molar-refractivity contribution in [1.82, 2.24) is 10.6 Å². The molecule has 0 unspecified atom stereocenters. The molecule has 5 atom stereocenters. The highest BCUT2D eigenvalue weighted by Crippen LogP contribution is 2.24. The summed E-state index contributed by atoms with van der Waals surface area (Å²) in [4.78, 5) is 67.2. The molecule has 5 N–H and O–H groups in total. The maximum absolute atomic E-state index is 13.8. The summed E-state index contributed by atoms with van der Waals surface area (Å²) in [6.07, 6.45) is 7.70. The molecule has 10 nitrogen and oxygen atoms in total. The van der Waals surface area contributed by atoms with Gasteiger partial charge in [-0.3, -0.25) is 24.0 Å². The fourth-order valence-corrected chi connectivity index (χ4v) is 6.53. The Balaban J connectivity index is 1.69. The van der Waals surface area contributed by atoms with Crippen LogP contribution in [0, 0.1) is 11.8 Å². The van der Waals surface area contributed by atoms with Crippen molar-refractivity contribution in [2.24, 2.45) is 17.6 Å². The number of unbranched alkanes of at least 4 members (excludes halogenated alkanes) is 2. The van der Waals surface area contributed by atoms with Crippen LogP contribution in [0.3, 0.4) is 0 Å². The number of nitrogens with one attached hydrogen (secondary N) is 2. The first-order valence-corrected chi connectivity index (χ1v) is 19.8. The van der Waals surface area contributed by atoms with Crippen LogP contribution in [0.2, 0.25) is 12.6 Å². The molecule has 2 amide bonds. The molecule has 1 saturated heterocycles. The Kier molecular flexibility index (Phi) is 19.1. The van der Waals surface area contributed by atoms with Crippen molar-refractivity contribution in [2.75, 3.05) is 19.8 Å². The van der Waals surface area contributed by atoms with Gasteiger partial charge in [0.2, 0.25) is 11.8 Å². The lowest BCUT2D eigenvalue weighted by Crippen LogP contribution is -2.48. The fourth-order valence-electron chi connectivity index (χ4n) is 6.53. The molecule has 11 heteroatoms. The number of aryl methyl sites for hydroxylation is 1. The summed E-state index contributed by atoms with van der Waals surface area (Å²) < 4.78 is 5.86. The third-order valence-electron chi connectivity index (χ3n) is 10.4. The third kappa shape index (κ3) is 14.9. The van der Waals surface area contributed by atoms with Crippen LogP contribution >= 0.6 is 0 Å². The number of amides is 2. The van der Waals surface area contributed by atoms with Crippen LogP contribution in [0.1, 0.15) is 114 Å². The third-order valence-corrected chi connectivity index (χ3v) is 10.4. The Morgan fingerprint density at radius 2 is 1.66 bits per heavy atom. The molecule has 1 heterocycles. The molecule has 290 valence electrons. The zero-order valence-electron chi connectivity index (χ0n) is 32.4. The smallest absolute Gasteiger partial charge is 0.289 e. The number of benzene rings is 2. The molecule has 2 aromatic rings. The highest BCUT2D eigenvalue weighted by atomic mass is 16.5. The van der Waals surface area contributed by atoms with E-state index in [4.69, 9.17) is 10.5 Å². The number of nitrogens with two attached hydrogens (primary N) is 1. The predicted molar refractivity (Wildman–Crippen MR) is 211 cm³/mol. The van der Waals surface area contributed by atoms with E-state index in [9.17, 15) is 29.0 Å². The van der Waals surface area contributed by atoms with Gasteiger partial charge >= 0.3 is 0 Å². The highest BCUT2D eigenvalue weighted by Gasteiger charge is 2.31. The van der Waals surface area contributed by atoms with E-state index in [2.05, 4.69) is 41.8 Å². The van der Waals surface area contributed by atoms with Gasteiger partial charge in [-0.05, 0) is 67.6 Å². The molecule has 1 aliphatic heterocycles. The van der Waals surface area contributed by atoms with Crippen LogP contribution in [0.15, 0.2) is 48.5 Å². The van der Waals surface area contributed by atoms with Crippen molar-refractivity contribution in [3.63, 3.8) is 0 Å². The van der Waals surface area contributed by atoms with E-state index < -0.39 is 42.6 Å². The molecule has 0 radical (unpaired) electrons. The Bertz CT molecular complexity index is 1460. The first-order chi connectivity index (χ1) is 25.4. The average Bonchev–Trinajstić information content (AvgIpc) is 3.14. The number of hydrogen-bond donors (Lipinski definition) is 4. The van der Waals surface area contributed by atoms with Gasteiger partial charge in [-0.2, -0.15) is 0 Å². The van der Waals surface area contributed by atoms with Gasteiger partial charge in [-0.15, -0.1) is 0 Å². The van der Waals surface area contributed by atoms with Gasteiger partial charge in [0.25, 0.3) is 6.92 Å². The molecule has 1 fully saturated rings. The van der Waals surface area contributed by atoms with Gasteiger partial charge in [0.15, 0.2) is 17.3 Å². The minimum Gasteiger partial charge on any atom is -0.450 e. The molecular weight excluding hydrogens is 669 g/mol. The monoisotopic (exact) mass is 731 g/mol. The number of rotatable bonds is 17. The van der Waals surface area contributed by atoms with Crippen LogP contribution < -0.4 is 16.4 Å². The first-order valence-electron chi connectivity index (χ1n) is 19.8. The summed E-state index contributed by atoms with van der Waals surface area (Å²) in [7, 11) is 0. The van der Waals surface area contributed by atoms with E-state index in [1.165, 1.54) is 5.56 Å². The number of ketones is 3. The Morgan fingerprint density at radius 3 is 2.30 bits per heavy atom. The molecule has 3 rings (SSSR count). The number of Topliss-reactive ketones (excluding diaryl/α,β-unsaturated/α-hetero) is 3. The second kappa shape index (κ2) is 23.2. The zero-order chi connectivity index (χ0) is 38.8. The van der Waals surface area contributed by atoms with Crippen LogP contribution in [0.4, 0.5) is 0 Å². The van der Waals surface area contributed by atoms with Crippen LogP contribution in [0.25, 0.3) is 11.1 Å². The molecule has 0 bridgehead atoms. The summed E-state index contributed by atoms with van der Waals surface area (Å²) in [5, 5.41) is 15.6. The first kappa shape index (κ1) is 43.7.